The zero-order valence-electron chi connectivity index (χ0n) is 29.5. The van der Waals surface area contributed by atoms with Crippen LogP contribution in [0.3, 0.4) is 0 Å². The summed E-state index contributed by atoms with van der Waals surface area (Å²) in [6.45, 7) is 1.75. The highest BCUT2D eigenvalue weighted by atomic mass is 16.8. The van der Waals surface area contributed by atoms with Crippen molar-refractivity contribution in [1.82, 2.24) is 10.6 Å². The summed E-state index contributed by atoms with van der Waals surface area (Å²) < 4.78 is 49.9. The van der Waals surface area contributed by atoms with Crippen LogP contribution in [-0.2, 0) is 61.8 Å². The molecule has 0 aromatic carbocycles. The molecule has 0 aromatic heterocycles. The number of hydrogen-bond acceptors (Lipinski definition) is 22. The summed E-state index contributed by atoms with van der Waals surface area (Å²) in [6.07, 6.45) is -34.6. The van der Waals surface area contributed by atoms with Gasteiger partial charge in [-0.15, -0.1) is 0 Å². The van der Waals surface area contributed by atoms with Gasteiger partial charge in [0.1, 0.15) is 85.3 Å². The van der Waals surface area contributed by atoms with Gasteiger partial charge in [-0.1, -0.05) is 0 Å². The standard InChI is InChI=1S/C30H48N2O23/c1-4-47-26-12(31-8(2)36)21(14(38)10(5-33)49-26)52-30-24(18(42)17(41)23(53-30)25(45)46)54-27-13(32-9(3)37)22(15(39)11(6-34)50-27)51-29-20(44)16(40)19(43)28(55-29)48-7-35/h7,10-24,26-30,33-34,38-44H,4-6H2,1-3H3,(H,31,36)(H,32,37)(H,45,46)/t10?,11?,12?,13?,14-,15+,16-,17+,18-,19-,20?,21+,22+,23?,24?,26+,27-,28?,29+,30-/m0/s1. The van der Waals surface area contributed by atoms with Crippen molar-refractivity contribution in [3.63, 3.8) is 0 Å². The van der Waals surface area contributed by atoms with Crippen LogP contribution in [0.1, 0.15) is 20.8 Å². The van der Waals surface area contributed by atoms with Gasteiger partial charge < -0.3 is 104 Å². The Bertz CT molecular complexity index is 1300. The number of nitrogens with one attached hydrogen (secondary N) is 2. The van der Waals surface area contributed by atoms with Crippen molar-refractivity contribution >= 4 is 24.3 Å². The van der Waals surface area contributed by atoms with Gasteiger partial charge in [0.25, 0.3) is 6.47 Å². The first-order chi connectivity index (χ1) is 26.0. The molecule has 4 fully saturated rings. The lowest BCUT2D eigenvalue weighted by Gasteiger charge is -2.50. The van der Waals surface area contributed by atoms with Crippen LogP contribution in [-0.4, -0.2) is 218 Å². The number of ether oxygens (including phenoxy) is 9. The Morgan fingerprint density at radius 3 is 1.58 bits per heavy atom. The third-order valence-electron chi connectivity index (χ3n) is 9.16. The number of aliphatic hydroxyl groups excluding tert-OH is 9. The molecule has 4 heterocycles. The molecular weight excluding hydrogens is 756 g/mol. The second-order valence-electron chi connectivity index (χ2n) is 13.0. The van der Waals surface area contributed by atoms with Crippen molar-refractivity contribution in [1.29, 1.82) is 0 Å². The third-order valence-corrected chi connectivity index (χ3v) is 9.16. The number of aliphatic hydroxyl groups is 9. The summed E-state index contributed by atoms with van der Waals surface area (Å²) in [5.74, 6) is -3.31. The molecule has 4 rings (SSSR count). The normalized spacial score (nSPS) is 44.9. The van der Waals surface area contributed by atoms with Crippen LogP contribution in [0.2, 0.25) is 0 Å². The SMILES string of the molecule is CCO[C@@H]1OC(CO)[C@H](O)[C@H](O[C@H]2OC(C(=O)O)[C@H](O)[C@H](O)C2O[C@@H]2OC(CO)[C@@H](O)[C@H](O[C@@H]3OC(OC=O)[C@@H](O)[C@H](O)C3O)C2NC(C)=O)C1NC(C)=O. The van der Waals surface area contributed by atoms with Gasteiger partial charge >= 0.3 is 5.97 Å². The Labute approximate surface area is 311 Å². The van der Waals surface area contributed by atoms with E-state index in [0.717, 1.165) is 13.8 Å². The molecule has 20 atom stereocenters. The molecule has 4 aliphatic rings. The first kappa shape index (κ1) is 44.9. The number of amides is 2. The highest BCUT2D eigenvalue weighted by Gasteiger charge is 2.57. The van der Waals surface area contributed by atoms with E-state index in [1.165, 1.54) is 0 Å². The molecule has 0 bridgehead atoms. The fraction of sp³-hybridized carbons (Fsp3) is 0.867. The minimum atomic E-state index is -2.26. The van der Waals surface area contributed by atoms with Crippen molar-refractivity contribution in [3.8, 4) is 0 Å². The van der Waals surface area contributed by atoms with Gasteiger partial charge in [0, 0.05) is 20.5 Å². The number of carboxylic acids is 1. The van der Waals surface area contributed by atoms with E-state index in [2.05, 4.69) is 15.4 Å². The van der Waals surface area contributed by atoms with Crippen LogP contribution in [0, 0.1) is 0 Å². The van der Waals surface area contributed by atoms with E-state index in [9.17, 15) is 70.2 Å². The smallest absolute Gasteiger partial charge is 0.335 e. The van der Waals surface area contributed by atoms with Crippen molar-refractivity contribution < 1.29 is 113 Å². The molecule has 55 heavy (non-hydrogen) atoms. The molecule has 2 amide bonds. The van der Waals surface area contributed by atoms with E-state index in [1.54, 1.807) is 6.92 Å². The number of carboxylic acid groups (broad SMARTS) is 1. The van der Waals surface area contributed by atoms with Crippen LogP contribution in [0.25, 0.3) is 0 Å². The highest BCUT2D eigenvalue weighted by Crippen LogP contribution is 2.35. The summed E-state index contributed by atoms with van der Waals surface area (Å²) in [5, 5.41) is 110. The maximum absolute atomic E-state index is 12.5. The monoisotopic (exact) mass is 804 g/mol. The fourth-order valence-corrected chi connectivity index (χ4v) is 6.52. The predicted octanol–water partition coefficient (Wildman–Crippen LogP) is -8.19. The molecule has 25 nitrogen and oxygen atoms in total. The first-order valence-corrected chi connectivity index (χ1v) is 17.0. The average molecular weight is 805 g/mol. The molecule has 12 N–H and O–H groups in total. The second-order valence-corrected chi connectivity index (χ2v) is 13.0. The summed E-state index contributed by atoms with van der Waals surface area (Å²) in [7, 11) is 0. The van der Waals surface area contributed by atoms with E-state index in [-0.39, 0.29) is 13.1 Å². The van der Waals surface area contributed by atoms with Crippen LogP contribution < -0.4 is 10.6 Å². The summed E-state index contributed by atoms with van der Waals surface area (Å²) in [4.78, 5) is 47.8. The average Bonchev–Trinajstić information content (AvgIpc) is 3.13. The molecule has 25 heteroatoms. The molecular formula is C30H48N2O23. The van der Waals surface area contributed by atoms with E-state index in [4.69, 9.17) is 37.9 Å². The summed E-state index contributed by atoms with van der Waals surface area (Å²) in [5.41, 5.74) is 0. The number of carbonyl (C=O) groups is 4. The van der Waals surface area contributed by atoms with Crippen molar-refractivity contribution in [2.75, 3.05) is 19.8 Å². The molecule has 316 valence electrons. The van der Waals surface area contributed by atoms with Gasteiger partial charge in [-0.2, -0.15) is 0 Å². The van der Waals surface area contributed by atoms with Gasteiger partial charge in [-0.05, 0) is 6.92 Å². The minimum Gasteiger partial charge on any atom is -0.479 e. The lowest BCUT2D eigenvalue weighted by atomic mass is 9.94. The van der Waals surface area contributed by atoms with Gasteiger partial charge in [0.05, 0.1) is 13.2 Å². The second kappa shape index (κ2) is 19.6. The molecule has 0 aliphatic carbocycles. The van der Waals surface area contributed by atoms with Crippen LogP contribution in [0.15, 0.2) is 0 Å². The predicted molar refractivity (Wildman–Crippen MR) is 167 cm³/mol. The van der Waals surface area contributed by atoms with E-state index in [1.807, 2.05) is 0 Å². The fourth-order valence-electron chi connectivity index (χ4n) is 6.52. The molecule has 4 aliphatic heterocycles. The lowest BCUT2D eigenvalue weighted by Crippen LogP contribution is -2.71. The third kappa shape index (κ3) is 10.0. The van der Waals surface area contributed by atoms with E-state index in [0.29, 0.717) is 0 Å². The Hall–Kier alpha value is -2.80. The molecule has 0 radical (unpaired) electrons. The number of rotatable bonds is 15. The Morgan fingerprint density at radius 2 is 1.09 bits per heavy atom. The largest absolute Gasteiger partial charge is 0.479 e. The zero-order chi connectivity index (χ0) is 40.9. The zero-order valence-corrected chi connectivity index (χ0v) is 29.5. The Morgan fingerprint density at radius 1 is 0.600 bits per heavy atom. The first-order valence-electron chi connectivity index (χ1n) is 17.0. The highest BCUT2D eigenvalue weighted by molar-refractivity contribution is 5.74. The summed E-state index contributed by atoms with van der Waals surface area (Å²) in [6, 6.07) is -3.14. The molecule has 0 aromatic rings. The van der Waals surface area contributed by atoms with Gasteiger partial charge in [-0.25, -0.2) is 4.79 Å². The number of aliphatic carboxylic acids is 1. The Kier molecular flexibility index (Phi) is 16.0. The van der Waals surface area contributed by atoms with Crippen molar-refractivity contribution in [3.05, 3.63) is 0 Å². The van der Waals surface area contributed by atoms with Gasteiger partial charge in [0.2, 0.25) is 18.1 Å². The van der Waals surface area contributed by atoms with Crippen LogP contribution >= 0.6 is 0 Å². The molecule has 8 unspecified atom stereocenters. The maximum atomic E-state index is 12.5. The van der Waals surface area contributed by atoms with Crippen molar-refractivity contribution in [2.24, 2.45) is 0 Å². The Balaban J connectivity index is 1.73. The van der Waals surface area contributed by atoms with Gasteiger partial charge in [-0.3, -0.25) is 14.4 Å². The van der Waals surface area contributed by atoms with Crippen LogP contribution in [0.5, 0.6) is 0 Å². The lowest BCUT2D eigenvalue weighted by molar-refractivity contribution is -0.386. The van der Waals surface area contributed by atoms with Crippen molar-refractivity contribution in [2.45, 2.75) is 144 Å². The van der Waals surface area contributed by atoms with E-state index >= 15 is 0 Å². The van der Waals surface area contributed by atoms with E-state index < -0.39 is 154 Å². The summed E-state index contributed by atoms with van der Waals surface area (Å²) >= 11 is 0. The maximum Gasteiger partial charge on any atom is 0.335 e. The number of hydrogen-bond donors (Lipinski definition) is 12. The minimum absolute atomic E-state index is 0.00270. The molecule has 0 saturated carbocycles. The van der Waals surface area contributed by atoms with Gasteiger partial charge in [0.15, 0.2) is 31.3 Å². The molecule has 4 saturated heterocycles. The molecule has 0 spiro atoms. The number of carbonyl (C=O) groups excluding carboxylic acids is 3. The van der Waals surface area contributed by atoms with Crippen LogP contribution in [0.4, 0.5) is 0 Å². The quantitative estimate of drug-likeness (QED) is 0.0684. The topological polar surface area (TPSA) is 378 Å².